The first kappa shape index (κ1) is 15.3. The molecule has 7 heteroatoms. The van der Waals surface area contributed by atoms with Gasteiger partial charge in [0.15, 0.2) is 0 Å². The van der Waals surface area contributed by atoms with Gasteiger partial charge in [0.1, 0.15) is 0 Å². The van der Waals surface area contributed by atoms with E-state index in [9.17, 15) is 18.0 Å². The number of hydrogen-bond donors (Lipinski definition) is 2. The molecule has 3 N–H and O–H groups in total. The second-order valence-corrected chi connectivity index (χ2v) is 5.12. The number of carbonyl (C=O) groups is 1. The van der Waals surface area contributed by atoms with E-state index in [1.54, 1.807) is 0 Å². The maximum atomic E-state index is 12.8. The summed E-state index contributed by atoms with van der Waals surface area (Å²) in [5.74, 6) is -0.0883. The van der Waals surface area contributed by atoms with E-state index in [2.05, 4.69) is 5.32 Å². The molecule has 0 heterocycles. The van der Waals surface area contributed by atoms with Crippen LogP contribution in [0, 0.1) is 17.2 Å². The number of nitrogens with one attached hydrogen (secondary N) is 1. The van der Waals surface area contributed by atoms with Gasteiger partial charge in [-0.1, -0.05) is 0 Å². The molecule has 0 aliphatic heterocycles. The number of hydrogen-bond acceptors (Lipinski definition) is 3. The highest BCUT2D eigenvalue weighted by Gasteiger charge is 2.34. The van der Waals surface area contributed by atoms with E-state index in [-0.39, 0.29) is 18.2 Å². The average molecular weight is 297 g/mol. The van der Waals surface area contributed by atoms with Crippen molar-refractivity contribution >= 4 is 11.6 Å². The van der Waals surface area contributed by atoms with Crippen molar-refractivity contribution in [2.24, 2.45) is 11.7 Å². The molecule has 1 aromatic carbocycles. The Bertz CT molecular complexity index is 588. The molecule has 2 rings (SSSR count). The van der Waals surface area contributed by atoms with Crippen molar-refractivity contribution in [1.29, 1.82) is 5.26 Å². The molecule has 1 aliphatic carbocycles. The Hall–Kier alpha value is -2.07. The Morgan fingerprint density at radius 1 is 1.48 bits per heavy atom. The van der Waals surface area contributed by atoms with E-state index >= 15 is 0 Å². The number of anilines is 1. The number of amides is 1. The summed E-state index contributed by atoms with van der Waals surface area (Å²) in [6.07, 6.45) is -2.59. The predicted octanol–water partition coefficient (Wildman–Crippen LogP) is 2.64. The molecular formula is C14H14F3N3O. The number of halogens is 3. The summed E-state index contributed by atoms with van der Waals surface area (Å²) in [6.45, 7) is 0. The van der Waals surface area contributed by atoms with Crippen LogP contribution in [0.4, 0.5) is 18.9 Å². The molecule has 0 bridgehead atoms. The van der Waals surface area contributed by atoms with Crippen LogP contribution in [0.15, 0.2) is 18.2 Å². The van der Waals surface area contributed by atoms with Gasteiger partial charge in [0.2, 0.25) is 5.91 Å². The van der Waals surface area contributed by atoms with E-state index in [0.717, 1.165) is 25.0 Å². The van der Waals surface area contributed by atoms with Crippen molar-refractivity contribution in [1.82, 2.24) is 0 Å². The Morgan fingerprint density at radius 3 is 2.67 bits per heavy atom. The molecule has 4 nitrogen and oxygen atoms in total. The first-order valence-electron chi connectivity index (χ1n) is 6.48. The smallest absolute Gasteiger partial charge is 0.327 e. The maximum absolute atomic E-state index is 12.8. The van der Waals surface area contributed by atoms with E-state index in [0.29, 0.717) is 5.92 Å². The quantitative estimate of drug-likeness (QED) is 0.896. The van der Waals surface area contributed by atoms with Crippen molar-refractivity contribution in [2.45, 2.75) is 31.5 Å². The lowest BCUT2D eigenvalue weighted by Crippen LogP contribution is -2.28. The molecule has 1 atom stereocenters. The van der Waals surface area contributed by atoms with Gasteiger partial charge in [-0.2, -0.15) is 18.4 Å². The predicted molar refractivity (Wildman–Crippen MR) is 70.1 cm³/mol. The minimum absolute atomic E-state index is 0.00863. The fourth-order valence-corrected chi connectivity index (χ4v) is 2.07. The summed E-state index contributed by atoms with van der Waals surface area (Å²) in [4.78, 5) is 11.7. The van der Waals surface area contributed by atoms with E-state index in [4.69, 9.17) is 11.0 Å². The van der Waals surface area contributed by atoms with Crippen LogP contribution in [0.1, 0.15) is 30.4 Å². The summed E-state index contributed by atoms with van der Waals surface area (Å²) < 4.78 is 38.4. The lowest BCUT2D eigenvalue weighted by Gasteiger charge is -2.13. The lowest BCUT2D eigenvalue weighted by atomic mass is 10.1. The number of nitrogens with two attached hydrogens (primary N) is 1. The SMILES string of the molecule is N#Cc1ccc(NC(=O)CC(N)C2CC2)cc1C(F)(F)F. The van der Waals surface area contributed by atoms with Crippen molar-refractivity contribution in [3.05, 3.63) is 29.3 Å². The second-order valence-electron chi connectivity index (χ2n) is 5.12. The third kappa shape index (κ3) is 3.95. The van der Waals surface area contributed by atoms with Gasteiger partial charge in [-0.3, -0.25) is 4.79 Å². The fraction of sp³-hybridized carbons (Fsp3) is 0.429. The number of nitrogens with zero attached hydrogens (tertiary/aromatic N) is 1. The van der Waals surface area contributed by atoms with E-state index in [1.807, 2.05) is 0 Å². The van der Waals surface area contributed by atoms with Crippen LogP contribution >= 0.6 is 0 Å². The van der Waals surface area contributed by atoms with E-state index in [1.165, 1.54) is 12.1 Å². The minimum Gasteiger partial charge on any atom is -0.327 e. The Kier molecular flexibility index (Phi) is 4.19. The number of nitriles is 1. The average Bonchev–Trinajstić information content (AvgIpc) is 3.21. The van der Waals surface area contributed by atoms with Crippen LogP contribution in [-0.2, 0) is 11.0 Å². The van der Waals surface area contributed by atoms with E-state index < -0.39 is 23.2 Å². The summed E-state index contributed by atoms with van der Waals surface area (Å²) >= 11 is 0. The van der Waals surface area contributed by atoms with Gasteiger partial charge in [0.05, 0.1) is 17.2 Å². The Balaban J connectivity index is 2.10. The van der Waals surface area contributed by atoms with Gasteiger partial charge in [0.25, 0.3) is 0 Å². The molecule has 1 unspecified atom stereocenters. The fourth-order valence-electron chi connectivity index (χ4n) is 2.07. The topological polar surface area (TPSA) is 78.9 Å². The van der Waals surface area contributed by atoms with Crippen LogP contribution in [0.2, 0.25) is 0 Å². The number of benzene rings is 1. The zero-order valence-corrected chi connectivity index (χ0v) is 11.1. The molecule has 1 fully saturated rings. The molecule has 0 aromatic heterocycles. The van der Waals surface area contributed by atoms with Gasteiger partial charge in [-0.15, -0.1) is 0 Å². The van der Waals surface area contributed by atoms with Crippen molar-refractivity contribution < 1.29 is 18.0 Å². The van der Waals surface area contributed by atoms with Crippen LogP contribution in [0.3, 0.4) is 0 Å². The molecule has 0 spiro atoms. The molecule has 1 amide bonds. The van der Waals surface area contributed by atoms with Crippen molar-refractivity contribution in [3.63, 3.8) is 0 Å². The summed E-state index contributed by atoms with van der Waals surface area (Å²) in [5, 5.41) is 11.1. The Morgan fingerprint density at radius 2 is 2.14 bits per heavy atom. The zero-order valence-electron chi connectivity index (χ0n) is 11.1. The molecule has 1 aromatic rings. The Labute approximate surface area is 119 Å². The molecule has 21 heavy (non-hydrogen) atoms. The molecule has 0 saturated heterocycles. The zero-order chi connectivity index (χ0) is 15.6. The third-order valence-corrected chi connectivity index (χ3v) is 3.38. The van der Waals surface area contributed by atoms with Crippen LogP contribution in [0.25, 0.3) is 0 Å². The monoisotopic (exact) mass is 297 g/mol. The van der Waals surface area contributed by atoms with Gasteiger partial charge in [0, 0.05) is 18.2 Å². The van der Waals surface area contributed by atoms with Gasteiger partial charge in [-0.05, 0) is 37.0 Å². The lowest BCUT2D eigenvalue weighted by molar-refractivity contribution is -0.137. The summed E-state index contributed by atoms with van der Waals surface area (Å²) in [7, 11) is 0. The number of carbonyl (C=O) groups excluding carboxylic acids is 1. The number of rotatable bonds is 4. The largest absolute Gasteiger partial charge is 0.417 e. The first-order chi connectivity index (χ1) is 9.81. The second kappa shape index (κ2) is 5.74. The van der Waals surface area contributed by atoms with Crippen LogP contribution in [0.5, 0.6) is 0 Å². The normalized spacial score (nSPS) is 16.1. The van der Waals surface area contributed by atoms with Gasteiger partial charge >= 0.3 is 6.18 Å². The van der Waals surface area contributed by atoms with Crippen LogP contribution in [-0.4, -0.2) is 11.9 Å². The van der Waals surface area contributed by atoms with Crippen molar-refractivity contribution in [3.8, 4) is 6.07 Å². The molecule has 0 radical (unpaired) electrons. The molecule has 1 saturated carbocycles. The summed E-state index contributed by atoms with van der Waals surface area (Å²) in [5.41, 5.74) is 4.27. The highest BCUT2D eigenvalue weighted by Crippen LogP contribution is 2.34. The van der Waals surface area contributed by atoms with Gasteiger partial charge in [-0.25, -0.2) is 0 Å². The third-order valence-electron chi connectivity index (χ3n) is 3.38. The first-order valence-corrected chi connectivity index (χ1v) is 6.48. The standard InChI is InChI=1S/C14H14F3N3O/c15-14(16,17)11-5-10(4-3-9(11)7-18)20-13(21)6-12(19)8-1-2-8/h3-5,8,12H,1-2,6,19H2,(H,20,21). The van der Waals surface area contributed by atoms with Crippen molar-refractivity contribution in [2.75, 3.05) is 5.32 Å². The highest BCUT2D eigenvalue weighted by molar-refractivity contribution is 5.91. The molecular weight excluding hydrogens is 283 g/mol. The van der Waals surface area contributed by atoms with Gasteiger partial charge < -0.3 is 11.1 Å². The highest BCUT2D eigenvalue weighted by atomic mass is 19.4. The molecule has 1 aliphatic rings. The number of alkyl halides is 3. The summed E-state index contributed by atoms with van der Waals surface area (Å²) in [6, 6.07) is 4.30. The maximum Gasteiger partial charge on any atom is 0.417 e. The van der Waals surface area contributed by atoms with Crippen LogP contribution < -0.4 is 11.1 Å². The molecule has 112 valence electrons. The minimum atomic E-state index is -4.64.